The van der Waals surface area contributed by atoms with E-state index >= 15 is 0 Å². The lowest BCUT2D eigenvalue weighted by molar-refractivity contribution is 0.576. The fourth-order valence-electron chi connectivity index (χ4n) is 2.80. The van der Waals surface area contributed by atoms with Crippen molar-refractivity contribution in [3.8, 4) is 0 Å². The first-order valence-electron chi connectivity index (χ1n) is 7.32. The van der Waals surface area contributed by atoms with E-state index < -0.39 is 0 Å². The highest BCUT2D eigenvalue weighted by Crippen LogP contribution is 2.29. The monoisotopic (exact) mass is 278 g/mol. The molecular weight excluding hydrogens is 252 g/mol. The Kier molecular flexibility index (Phi) is 5.17. The summed E-state index contributed by atoms with van der Waals surface area (Å²) in [5.41, 5.74) is 2.76. The first-order chi connectivity index (χ1) is 9.17. The van der Waals surface area contributed by atoms with E-state index in [-0.39, 0.29) is 0 Å². The molecule has 3 atom stereocenters. The number of thioether (sulfide) groups is 1. The fourth-order valence-corrected chi connectivity index (χ4v) is 3.90. The smallest absolute Gasteiger partial charge is 0.0378 e. The van der Waals surface area contributed by atoms with Crippen LogP contribution in [0.1, 0.15) is 38.8 Å². The molecule has 1 heterocycles. The lowest BCUT2D eigenvalue weighted by Crippen LogP contribution is -2.44. The Morgan fingerprint density at radius 3 is 2.58 bits per heavy atom. The third-order valence-electron chi connectivity index (χ3n) is 4.27. The molecule has 3 unspecified atom stereocenters. The summed E-state index contributed by atoms with van der Waals surface area (Å²) in [4.78, 5) is 2.55. The van der Waals surface area contributed by atoms with Gasteiger partial charge < -0.3 is 10.2 Å². The van der Waals surface area contributed by atoms with E-state index in [9.17, 15) is 0 Å². The van der Waals surface area contributed by atoms with E-state index in [1.54, 1.807) is 0 Å². The van der Waals surface area contributed by atoms with Crippen LogP contribution in [0.5, 0.6) is 0 Å². The summed E-state index contributed by atoms with van der Waals surface area (Å²) in [5.74, 6) is 1.24. The third kappa shape index (κ3) is 3.26. The van der Waals surface area contributed by atoms with E-state index in [4.69, 9.17) is 0 Å². The maximum atomic E-state index is 3.37. The molecule has 1 aromatic rings. The van der Waals surface area contributed by atoms with Crippen LogP contribution in [0.4, 0.5) is 5.69 Å². The highest BCUT2D eigenvalue weighted by atomic mass is 32.2. The number of nitrogens with one attached hydrogen (secondary N) is 1. The van der Waals surface area contributed by atoms with Crippen molar-refractivity contribution in [3.63, 3.8) is 0 Å². The number of nitrogens with zero attached hydrogens (tertiary/aromatic N) is 1. The number of benzene rings is 1. The zero-order valence-electron chi connectivity index (χ0n) is 12.5. The lowest BCUT2D eigenvalue weighted by atomic mass is 10.0. The molecule has 0 aromatic heterocycles. The van der Waals surface area contributed by atoms with E-state index in [2.05, 4.69) is 67.0 Å². The molecule has 1 aliphatic heterocycles. The van der Waals surface area contributed by atoms with Gasteiger partial charge in [-0.2, -0.15) is 11.8 Å². The maximum Gasteiger partial charge on any atom is 0.0378 e. The van der Waals surface area contributed by atoms with Crippen LogP contribution in [0.2, 0.25) is 0 Å². The van der Waals surface area contributed by atoms with Crippen molar-refractivity contribution in [2.45, 2.75) is 44.5 Å². The third-order valence-corrected chi connectivity index (χ3v) is 5.61. The minimum absolute atomic E-state index is 0.474. The van der Waals surface area contributed by atoms with Crippen LogP contribution in [0, 0.1) is 0 Å². The molecular formula is C16H26N2S. The summed E-state index contributed by atoms with van der Waals surface area (Å²) in [6.45, 7) is 8.07. The molecule has 1 aliphatic rings. The van der Waals surface area contributed by atoms with Crippen molar-refractivity contribution in [1.82, 2.24) is 5.32 Å². The number of rotatable bonds is 4. The zero-order chi connectivity index (χ0) is 13.8. The van der Waals surface area contributed by atoms with Crippen molar-refractivity contribution < 1.29 is 0 Å². The summed E-state index contributed by atoms with van der Waals surface area (Å²) in [6, 6.07) is 10.2. The molecule has 0 bridgehead atoms. The molecule has 3 heteroatoms. The van der Waals surface area contributed by atoms with Gasteiger partial charge in [0.05, 0.1) is 0 Å². The number of hydrogen-bond acceptors (Lipinski definition) is 3. The topological polar surface area (TPSA) is 15.3 Å². The lowest BCUT2D eigenvalue weighted by Gasteiger charge is -2.39. The Morgan fingerprint density at radius 2 is 2.00 bits per heavy atom. The molecule has 106 valence electrons. The van der Waals surface area contributed by atoms with Gasteiger partial charge in [-0.25, -0.2) is 0 Å². The fraction of sp³-hybridized carbons (Fsp3) is 0.625. The second-order valence-electron chi connectivity index (χ2n) is 5.35. The van der Waals surface area contributed by atoms with Crippen molar-refractivity contribution in [1.29, 1.82) is 0 Å². The molecule has 0 amide bonds. The van der Waals surface area contributed by atoms with Crippen LogP contribution >= 0.6 is 11.8 Å². The van der Waals surface area contributed by atoms with Crippen LogP contribution in [0.15, 0.2) is 24.3 Å². The largest absolute Gasteiger partial charge is 0.367 e. The first-order valence-corrected chi connectivity index (χ1v) is 8.37. The molecule has 0 radical (unpaired) electrons. The summed E-state index contributed by atoms with van der Waals surface area (Å²) >= 11 is 2.09. The molecule has 1 N–H and O–H groups in total. The Bertz CT molecular complexity index is 386. The van der Waals surface area contributed by atoms with Crippen LogP contribution in [0.3, 0.4) is 0 Å². The summed E-state index contributed by atoms with van der Waals surface area (Å²) in [6.07, 6.45) is 1.13. The quantitative estimate of drug-likeness (QED) is 0.904. The predicted molar refractivity (Wildman–Crippen MR) is 87.3 cm³/mol. The minimum atomic E-state index is 0.474. The summed E-state index contributed by atoms with van der Waals surface area (Å²) in [5, 5.41) is 4.08. The van der Waals surface area contributed by atoms with Gasteiger partial charge in [0.1, 0.15) is 0 Å². The minimum Gasteiger partial charge on any atom is -0.367 e. The average Bonchev–Trinajstić information content (AvgIpc) is 2.44. The average molecular weight is 278 g/mol. The van der Waals surface area contributed by atoms with Crippen LogP contribution in [0.25, 0.3) is 0 Å². The standard InChI is InChI=1S/C16H26N2S/c1-5-16(17-4)14-6-8-15(9-7-14)18-10-11-19-13(3)12(18)2/h6-9,12-13,16-17H,5,10-11H2,1-4H3. The van der Waals surface area contributed by atoms with Crippen molar-refractivity contribution in [2.75, 3.05) is 24.2 Å². The van der Waals surface area contributed by atoms with Crippen LogP contribution in [-0.4, -0.2) is 30.6 Å². The Hall–Kier alpha value is -0.670. The Morgan fingerprint density at radius 1 is 1.32 bits per heavy atom. The van der Waals surface area contributed by atoms with E-state index in [0.29, 0.717) is 17.3 Å². The highest BCUT2D eigenvalue weighted by molar-refractivity contribution is 8.00. The van der Waals surface area contributed by atoms with E-state index in [1.807, 2.05) is 7.05 Å². The molecule has 1 saturated heterocycles. The highest BCUT2D eigenvalue weighted by Gasteiger charge is 2.25. The van der Waals surface area contributed by atoms with Crippen LogP contribution < -0.4 is 10.2 Å². The first kappa shape index (κ1) is 14.7. The predicted octanol–water partition coefficient (Wildman–Crippen LogP) is 3.69. The Balaban J connectivity index is 2.13. The van der Waals surface area contributed by atoms with Gasteiger partial charge >= 0.3 is 0 Å². The summed E-state index contributed by atoms with van der Waals surface area (Å²) in [7, 11) is 2.04. The van der Waals surface area contributed by atoms with E-state index in [1.165, 1.54) is 23.5 Å². The van der Waals surface area contributed by atoms with Gasteiger partial charge in [0.25, 0.3) is 0 Å². The molecule has 1 fully saturated rings. The Labute approximate surface area is 122 Å². The molecule has 1 aromatic carbocycles. The molecule has 2 nitrogen and oxygen atoms in total. The van der Waals surface area contributed by atoms with Gasteiger partial charge in [-0.3, -0.25) is 0 Å². The molecule has 2 rings (SSSR count). The van der Waals surface area contributed by atoms with Gasteiger partial charge in [-0.05, 0) is 38.1 Å². The van der Waals surface area contributed by atoms with Gasteiger partial charge in [0.15, 0.2) is 0 Å². The second kappa shape index (κ2) is 6.67. The SMILES string of the molecule is CCC(NC)c1ccc(N2CCSC(C)C2C)cc1. The van der Waals surface area contributed by atoms with Crippen molar-refractivity contribution in [3.05, 3.63) is 29.8 Å². The van der Waals surface area contributed by atoms with E-state index in [0.717, 1.165) is 6.42 Å². The van der Waals surface area contributed by atoms with Crippen molar-refractivity contribution in [2.24, 2.45) is 0 Å². The number of anilines is 1. The molecule has 19 heavy (non-hydrogen) atoms. The van der Waals surface area contributed by atoms with Gasteiger partial charge in [0.2, 0.25) is 0 Å². The zero-order valence-corrected chi connectivity index (χ0v) is 13.3. The molecule has 0 spiro atoms. The number of hydrogen-bond donors (Lipinski definition) is 1. The normalized spacial score (nSPS) is 25.4. The molecule has 0 saturated carbocycles. The maximum absolute atomic E-state index is 3.37. The van der Waals surface area contributed by atoms with Gasteiger partial charge in [-0.15, -0.1) is 0 Å². The van der Waals surface area contributed by atoms with Crippen LogP contribution in [-0.2, 0) is 0 Å². The molecule has 0 aliphatic carbocycles. The summed E-state index contributed by atoms with van der Waals surface area (Å²) < 4.78 is 0. The van der Waals surface area contributed by atoms with Gasteiger partial charge in [0, 0.05) is 35.3 Å². The second-order valence-corrected chi connectivity index (χ2v) is 6.84. The van der Waals surface area contributed by atoms with Gasteiger partial charge in [-0.1, -0.05) is 26.0 Å². The van der Waals surface area contributed by atoms with Crippen molar-refractivity contribution >= 4 is 17.4 Å².